The highest BCUT2D eigenvalue weighted by molar-refractivity contribution is 6.03. The third-order valence-electron chi connectivity index (χ3n) is 7.41. The van der Waals surface area contributed by atoms with Crippen molar-refractivity contribution in [1.29, 1.82) is 0 Å². The van der Waals surface area contributed by atoms with Crippen LogP contribution in [0.1, 0.15) is 12.8 Å². The van der Waals surface area contributed by atoms with E-state index in [1.54, 1.807) is 36.4 Å². The van der Waals surface area contributed by atoms with Gasteiger partial charge in [0.05, 0.1) is 23.4 Å². The molecule has 0 spiro atoms. The summed E-state index contributed by atoms with van der Waals surface area (Å²) >= 11 is 0. The average molecular weight is 573 g/mol. The van der Waals surface area contributed by atoms with Crippen LogP contribution in [0.4, 0.5) is 26.0 Å². The van der Waals surface area contributed by atoms with Crippen LogP contribution in [0.2, 0.25) is 0 Å². The number of anilines is 3. The van der Waals surface area contributed by atoms with Crippen LogP contribution in [0.3, 0.4) is 0 Å². The van der Waals surface area contributed by atoms with Gasteiger partial charge in [-0.1, -0.05) is 24.8 Å². The van der Waals surface area contributed by atoms with Gasteiger partial charge >= 0.3 is 0 Å². The Bertz CT molecular complexity index is 1570. The number of benzene rings is 3. The number of fused-ring (bicyclic) bond motifs is 1. The van der Waals surface area contributed by atoms with Crippen molar-refractivity contribution in [3.63, 3.8) is 0 Å². The fraction of sp³-hybridized carbons (Fsp3) is 0.281. The van der Waals surface area contributed by atoms with E-state index in [4.69, 9.17) is 4.74 Å². The van der Waals surface area contributed by atoms with Crippen molar-refractivity contribution in [2.24, 2.45) is 0 Å². The summed E-state index contributed by atoms with van der Waals surface area (Å²) in [6.45, 7) is 7.08. The van der Waals surface area contributed by atoms with Crippen LogP contribution < -0.4 is 15.4 Å². The summed E-state index contributed by atoms with van der Waals surface area (Å²) in [5.74, 6) is -0.721. The Labute approximate surface area is 244 Å². The molecule has 1 fully saturated rings. The highest BCUT2D eigenvalue weighted by Crippen LogP contribution is 2.34. The van der Waals surface area contributed by atoms with Crippen molar-refractivity contribution in [2.75, 3.05) is 51.0 Å². The summed E-state index contributed by atoms with van der Waals surface area (Å²) in [7, 11) is 4.23. The molecular weight excluding hydrogens is 538 g/mol. The Morgan fingerprint density at radius 2 is 1.93 bits per heavy atom. The first kappa shape index (κ1) is 29.1. The number of halogens is 2. The highest BCUT2D eigenvalue weighted by atomic mass is 19.1. The second-order valence-electron chi connectivity index (χ2n) is 10.5. The van der Waals surface area contributed by atoms with Crippen LogP contribution in [0.25, 0.3) is 22.0 Å². The number of nitrogens with zero attached hydrogens (tertiary/aromatic N) is 4. The molecule has 8 nitrogen and oxygen atoms in total. The number of carbonyl (C=O) groups excluding carboxylic acids is 1. The predicted molar refractivity (Wildman–Crippen MR) is 162 cm³/mol. The van der Waals surface area contributed by atoms with E-state index in [1.165, 1.54) is 30.6 Å². The molecule has 0 unspecified atom stereocenters. The van der Waals surface area contributed by atoms with Crippen molar-refractivity contribution >= 4 is 34.0 Å². The average Bonchev–Trinajstić information content (AvgIpc) is 3.45. The molecule has 0 radical (unpaired) electrons. The SMILES string of the molecule is C=CC(=O)Nc1cc2c(Nc3cccc(-c4c(F)cccc4F)c3)ncnc2cc1OCCCN1CC[C@@H](N(C)C)C1. The van der Waals surface area contributed by atoms with Gasteiger partial charge in [0.25, 0.3) is 0 Å². The number of likely N-dealkylation sites (tertiary alicyclic amines) is 1. The van der Waals surface area contributed by atoms with E-state index >= 15 is 0 Å². The standard InChI is InChI=1S/C32H34F2N6O2/c1-4-30(41)38-28-17-24-27(18-29(28)42-15-7-13-40-14-12-23(19-40)39(2)3)35-20-36-32(24)37-22-9-5-8-21(16-22)31-25(33)10-6-11-26(31)34/h4-6,8-11,16-18,20,23H,1,7,12-15,19H2,2-3H3,(H,38,41)(H,35,36,37)/t23-/m1/s1. The van der Waals surface area contributed by atoms with Crippen LogP contribution in [0.15, 0.2) is 73.6 Å². The summed E-state index contributed by atoms with van der Waals surface area (Å²) in [6, 6.07) is 14.6. The second-order valence-corrected chi connectivity index (χ2v) is 10.5. The number of amides is 1. The van der Waals surface area contributed by atoms with Gasteiger partial charge in [-0.3, -0.25) is 4.79 Å². The highest BCUT2D eigenvalue weighted by Gasteiger charge is 2.23. The summed E-state index contributed by atoms with van der Waals surface area (Å²) in [4.78, 5) is 25.8. The fourth-order valence-corrected chi connectivity index (χ4v) is 5.15. The third kappa shape index (κ3) is 6.72. The van der Waals surface area contributed by atoms with Gasteiger partial charge in [0.2, 0.25) is 5.91 Å². The zero-order valence-electron chi connectivity index (χ0n) is 23.7. The van der Waals surface area contributed by atoms with Gasteiger partial charge in [0.1, 0.15) is 29.5 Å². The molecule has 2 heterocycles. The van der Waals surface area contributed by atoms with Gasteiger partial charge in [-0.15, -0.1) is 0 Å². The lowest BCUT2D eigenvalue weighted by Gasteiger charge is -2.20. The molecule has 42 heavy (non-hydrogen) atoms. The predicted octanol–water partition coefficient (Wildman–Crippen LogP) is 5.85. The molecule has 2 N–H and O–H groups in total. The van der Waals surface area contributed by atoms with E-state index in [2.05, 4.69) is 51.1 Å². The number of ether oxygens (including phenoxy) is 1. The Balaban J connectivity index is 1.36. The first-order chi connectivity index (χ1) is 20.3. The molecule has 10 heteroatoms. The Morgan fingerprint density at radius 3 is 2.67 bits per heavy atom. The zero-order chi connectivity index (χ0) is 29.6. The van der Waals surface area contributed by atoms with Crippen molar-refractivity contribution in [3.05, 3.63) is 85.2 Å². The number of carbonyl (C=O) groups is 1. The molecule has 0 bridgehead atoms. The molecule has 1 atom stereocenters. The number of nitrogens with one attached hydrogen (secondary N) is 2. The van der Waals surface area contributed by atoms with Crippen LogP contribution >= 0.6 is 0 Å². The summed E-state index contributed by atoms with van der Waals surface area (Å²) < 4.78 is 35.0. The molecule has 5 rings (SSSR count). The minimum atomic E-state index is -0.645. The fourth-order valence-electron chi connectivity index (χ4n) is 5.15. The first-order valence-electron chi connectivity index (χ1n) is 13.9. The Morgan fingerprint density at radius 1 is 1.14 bits per heavy atom. The van der Waals surface area contributed by atoms with Crippen LogP contribution in [0, 0.1) is 11.6 Å². The van der Waals surface area contributed by atoms with E-state index in [9.17, 15) is 13.6 Å². The monoisotopic (exact) mass is 572 g/mol. The smallest absolute Gasteiger partial charge is 0.247 e. The largest absolute Gasteiger partial charge is 0.491 e. The van der Waals surface area contributed by atoms with Crippen molar-refractivity contribution in [3.8, 4) is 16.9 Å². The lowest BCUT2D eigenvalue weighted by molar-refractivity contribution is -0.111. The van der Waals surface area contributed by atoms with E-state index in [1.807, 2.05) is 0 Å². The summed E-state index contributed by atoms with van der Waals surface area (Å²) in [5, 5.41) is 6.67. The number of rotatable bonds is 11. The summed E-state index contributed by atoms with van der Waals surface area (Å²) in [6.07, 6.45) is 4.61. The van der Waals surface area contributed by atoms with Gasteiger partial charge in [-0.2, -0.15) is 0 Å². The third-order valence-corrected chi connectivity index (χ3v) is 7.41. The lowest BCUT2D eigenvalue weighted by atomic mass is 10.0. The molecule has 4 aromatic rings. The van der Waals surface area contributed by atoms with E-state index in [0.29, 0.717) is 52.1 Å². The molecule has 0 aliphatic carbocycles. The molecule has 1 amide bonds. The Hall–Kier alpha value is -4.41. The van der Waals surface area contributed by atoms with Crippen LogP contribution in [-0.2, 0) is 4.79 Å². The zero-order valence-corrected chi connectivity index (χ0v) is 23.7. The normalized spacial score (nSPS) is 15.2. The maximum absolute atomic E-state index is 14.4. The number of likely N-dealkylation sites (N-methyl/N-ethyl adjacent to an activating group) is 1. The first-order valence-corrected chi connectivity index (χ1v) is 13.9. The van der Waals surface area contributed by atoms with Gasteiger partial charge in [-0.25, -0.2) is 18.7 Å². The van der Waals surface area contributed by atoms with Crippen molar-refractivity contribution in [2.45, 2.75) is 18.9 Å². The molecular formula is C32H34F2N6O2. The van der Waals surface area contributed by atoms with Crippen LogP contribution in [-0.4, -0.2) is 72.1 Å². The van der Waals surface area contributed by atoms with E-state index < -0.39 is 11.6 Å². The molecule has 0 saturated carbocycles. The maximum Gasteiger partial charge on any atom is 0.247 e. The quantitative estimate of drug-likeness (QED) is 0.172. The summed E-state index contributed by atoms with van der Waals surface area (Å²) in [5.41, 5.74) is 1.91. The van der Waals surface area contributed by atoms with Crippen molar-refractivity contribution < 1.29 is 18.3 Å². The van der Waals surface area contributed by atoms with Crippen LogP contribution in [0.5, 0.6) is 5.75 Å². The molecule has 1 aromatic heterocycles. The number of hydrogen-bond donors (Lipinski definition) is 2. The molecule has 1 aliphatic heterocycles. The minimum Gasteiger partial charge on any atom is -0.491 e. The maximum atomic E-state index is 14.4. The number of aromatic nitrogens is 2. The number of hydrogen-bond acceptors (Lipinski definition) is 7. The lowest BCUT2D eigenvalue weighted by Crippen LogP contribution is -2.32. The molecule has 1 saturated heterocycles. The molecule has 3 aromatic carbocycles. The van der Waals surface area contributed by atoms with E-state index in [-0.39, 0.29) is 11.5 Å². The minimum absolute atomic E-state index is 0.104. The van der Waals surface area contributed by atoms with Crippen molar-refractivity contribution in [1.82, 2.24) is 19.8 Å². The van der Waals surface area contributed by atoms with Gasteiger partial charge in [0, 0.05) is 36.3 Å². The van der Waals surface area contributed by atoms with Gasteiger partial charge in [0.15, 0.2) is 0 Å². The second kappa shape index (κ2) is 13.1. The Kier molecular flexibility index (Phi) is 9.04. The van der Waals surface area contributed by atoms with E-state index in [0.717, 1.165) is 32.5 Å². The van der Waals surface area contributed by atoms with Gasteiger partial charge in [-0.05, 0) is 75.5 Å². The van der Waals surface area contributed by atoms with Gasteiger partial charge < -0.3 is 25.2 Å². The topological polar surface area (TPSA) is 82.6 Å². The molecule has 1 aliphatic rings. The molecule has 218 valence electrons.